The van der Waals surface area contributed by atoms with E-state index in [1.54, 1.807) is 30.6 Å². The number of hydrogen-bond acceptors (Lipinski definition) is 7. The van der Waals surface area contributed by atoms with Crippen LogP contribution in [0.25, 0.3) is 11.6 Å². The van der Waals surface area contributed by atoms with Crippen LogP contribution >= 0.6 is 0 Å². The molecule has 3 aromatic rings. The molecule has 4 heterocycles. The molecule has 0 amide bonds. The first-order chi connectivity index (χ1) is 13.0. The maximum absolute atomic E-state index is 11.6. The largest absolute Gasteiger partial charge is 0.504 e. The van der Waals surface area contributed by atoms with Gasteiger partial charge in [-0.25, -0.2) is 19.8 Å². The van der Waals surface area contributed by atoms with Crippen LogP contribution in [0.4, 0.5) is 17.5 Å². The second kappa shape index (κ2) is 6.41. The lowest BCUT2D eigenvalue weighted by molar-refractivity contribution is 0.0695. The number of aromatic carboxylic acids is 1. The summed E-state index contributed by atoms with van der Waals surface area (Å²) >= 11 is 0. The predicted molar refractivity (Wildman–Crippen MR) is 99.8 cm³/mol. The molecule has 0 fully saturated rings. The van der Waals surface area contributed by atoms with E-state index in [4.69, 9.17) is 4.42 Å². The summed E-state index contributed by atoms with van der Waals surface area (Å²) in [4.78, 5) is 24.2. The van der Waals surface area contributed by atoms with E-state index < -0.39 is 11.7 Å². The van der Waals surface area contributed by atoms with E-state index in [9.17, 15) is 15.0 Å². The highest BCUT2D eigenvalue weighted by atomic mass is 16.4. The van der Waals surface area contributed by atoms with Crippen LogP contribution in [0.3, 0.4) is 0 Å². The Balaban J connectivity index is 1.76. The fraction of sp³-hybridized carbons (Fsp3) is 0.0526. The topological polar surface area (TPSA) is 121 Å². The minimum atomic E-state index is -1.32. The zero-order chi connectivity index (χ0) is 19.0. The van der Waals surface area contributed by atoms with Crippen LogP contribution in [0.5, 0.6) is 5.75 Å². The van der Waals surface area contributed by atoms with Crippen LogP contribution in [-0.2, 0) is 0 Å². The Kier molecular flexibility index (Phi) is 3.92. The number of pyridine rings is 2. The van der Waals surface area contributed by atoms with Gasteiger partial charge in [-0.2, -0.15) is 0 Å². The molecule has 1 aliphatic rings. The second-order valence-corrected chi connectivity index (χ2v) is 5.85. The third-order valence-corrected chi connectivity index (χ3v) is 3.96. The molecule has 8 nitrogen and oxygen atoms in total. The van der Waals surface area contributed by atoms with Crippen molar-refractivity contribution in [2.75, 3.05) is 5.32 Å². The van der Waals surface area contributed by atoms with E-state index in [0.717, 1.165) is 11.3 Å². The summed E-state index contributed by atoms with van der Waals surface area (Å²) in [5, 5.41) is 22.7. The summed E-state index contributed by atoms with van der Waals surface area (Å²) < 4.78 is 5.59. The molecule has 0 unspecified atom stereocenters. The zero-order valence-electron chi connectivity index (χ0n) is 14.2. The highest BCUT2D eigenvalue weighted by Crippen LogP contribution is 2.38. The molecule has 0 bridgehead atoms. The van der Waals surface area contributed by atoms with Crippen molar-refractivity contribution in [1.29, 1.82) is 0 Å². The van der Waals surface area contributed by atoms with Crippen molar-refractivity contribution in [3.05, 3.63) is 59.1 Å². The SMILES string of the molecule is Cc1cccc(Nc2oc(C=C3C=Nc4ncccc43)c(O)c2C(=O)O)n1. The number of aromatic hydroxyl groups is 1. The Bertz CT molecular complexity index is 1110. The smallest absolute Gasteiger partial charge is 0.345 e. The van der Waals surface area contributed by atoms with Crippen LogP contribution in [0.1, 0.15) is 27.4 Å². The van der Waals surface area contributed by atoms with E-state index >= 15 is 0 Å². The standard InChI is InChI=1S/C19H14N4O4/c1-10-4-2-6-14(22-10)23-18-15(19(25)26)16(24)13(27-18)8-11-9-21-17-12(11)5-3-7-20-17/h2-9,24H,1H3,(H,22,23)(H,25,26). The van der Waals surface area contributed by atoms with Crippen molar-refractivity contribution in [3.63, 3.8) is 0 Å². The van der Waals surface area contributed by atoms with E-state index in [2.05, 4.69) is 20.3 Å². The molecular formula is C19H14N4O4. The van der Waals surface area contributed by atoms with E-state index in [0.29, 0.717) is 17.2 Å². The summed E-state index contributed by atoms with van der Waals surface area (Å²) in [7, 11) is 0. The Labute approximate surface area is 153 Å². The van der Waals surface area contributed by atoms with Gasteiger partial charge in [-0.3, -0.25) is 0 Å². The molecule has 0 aliphatic carbocycles. The molecule has 0 spiro atoms. The van der Waals surface area contributed by atoms with Crippen molar-refractivity contribution in [1.82, 2.24) is 9.97 Å². The van der Waals surface area contributed by atoms with E-state index in [-0.39, 0.29) is 17.2 Å². The number of hydrogen-bond donors (Lipinski definition) is 3. The minimum Gasteiger partial charge on any atom is -0.504 e. The number of nitrogens with one attached hydrogen (secondary N) is 1. The van der Waals surface area contributed by atoms with Crippen molar-refractivity contribution >= 4 is 41.4 Å². The van der Waals surface area contributed by atoms with Crippen molar-refractivity contribution in [2.45, 2.75) is 6.92 Å². The lowest BCUT2D eigenvalue weighted by Gasteiger charge is -2.03. The van der Waals surface area contributed by atoms with Crippen LogP contribution in [0.2, 0.25) is 0 Å². The number of carboxylic acids is 1. The Hall–Kier alpha value is -3.94. The first-order valence-corrected chi connectivity index (χ1v) is 8.04. The summed E-state index contributed by atoms with van der Waals surface area (Å²) in [6.45, 7) is 1.81. The quantitative estimate of drug-likeness (QED) is 0.646. The van der Waals surface area contributed by atoms with Gasteiger partial charge in [0.25, 0.3) is 0 Å². The van der Waals surface area contributed by atoms with Crippen LogP contribution in [-0.4, -0.2) is 32.4 Å². The van der Waals surface area contributed by atoms with Gasteiger partial charge in [-0.15, -0.1) is 0 Å². The third kappa shape index (κ3) is 3.04. The molecule has 1 aliphatic heterocycles. The zero-order valence-corrected chi connectivity index (χ0v) is 14.2. The van der Waals surface area contributed by atoms with Crippen molar-refractivity contribution < 1.29 is 19.4 Å². The van der Waals surface area contributed by atoms with Gasteiger partial charge < -0.3 is 19.9 Å². The van der Waals surface area contributed by atoms with Gasteiger partial charge in [0, 0.05) is 29.2 Å². The Morgan fingerprint density at radius 3 is 2.89 bits per heavy atom. The number of carboxylic acid groups (broad SMARTS) is 1. The summed E-state index contributed by atoms with van der Waals surface area (Å²) in [5.41, 5.74) is 1.80. The molecule has 0 saturated carbocycles. The predicted octanol–water partition coefficient (Wildman–Crippen LogP) is 3.78. The maximum atomic E-state index is 11.6. The van der Waals surface area contributed by atoms with Gasteiger partial charge in [0.1, 0.15) is 5.82 Å². The number of carbonyl (C=O) groups is 1. The fourth-order valence-electron chi connectivity index (χ4n) is 2.73. The highest BCUT2D eigenvalue weighted by molar-refractivity contribution is 6.21. The Morgan fingerprint density at radius 2 is 2.11 bits per heavy atom. The number of aryl methyl sites for hydroxylation is 1. The third-order valence-electron chi connectivity index (χ3n) is 3.96. The van der Waals surface area contributed by atoms with Crippen molar-refractivity contribution in [3.8, 4) is 5.75 Å². The van der Waals surface area contributed by atoms with Gasteiger partial charge in [-0.1, -0.05) is 6.07 Å². The second-order valence-electron chi connectivity index (χ2n) is 5.85. The molecule has 0 saturated heterocycles. The molecule has 4 rings (SSSR count). The maximum Gasteiger partial charge on any atom is 0.345 e. The lowest BCUT2D eigenvalue weighted by atomic mass is 10.1. The molecule has 8 heteroatoms. The average Bonchev–Trinajstić information content (AvgIpc) is 3.17. The molecule has 0 radical (unpaired) electrons. The summed E-state index contributed by atoms with van der Waals surface area (Å²) in [6.07, 6.45) is 4.73. The first-order valence-electron chi connectivity index (χ1n) is 8.04. The highest BCUT2D eigenvalue weighted by Gasteiger charge is 2.26. The van der Waals surface area contributed by atoms with Crippen LogP contribution in [0, 0.1) is 6.92 Å². The van der Waals surface area contributed by atoms with Crippen LogP contribution < -0.4 is 5.32 Å². The number of fused-ring (bicyclic) bond motifs is 1. The van der Waals surface area contributed by atoms with Gasteiger partial charge in [0.2, 0.25) is 5.88 Å². The van der Waals surface area contributed by atoms with Gasteiger partial charge >= 0.3 is 5.97 Å². The monoisotopic (exact) mass is 362 g/mol. The summed E-state index contributed by atoms with van der Waals surface area (Å²) in [5.74, 6) is -0.945. The number of aromatic nitrogens is 2. The van der Waals surface area contributed by atoms with Crippen molar-refractivity contribution in [2.24, 2.45) is 4.99 Å². The first kappa shape index (κ1) is 16.5. The number of allylic oxidation sites excluding steroid dienone is 1. The Morgan fingerprint density at radius 1 is 1.26 bits per heavy atom. The fourth-order valence-corrected chi connectivity index (χ4v) is 2.73. The number of aliphatic imine (C=N–C) groups is 1. The van der Waals surface area contributed by atoms with Gasteiger partial charge in [0.15, 0.2) is 22.9 Å². The number of nitrogens with zero attached hydrogens (tertiary/aromatic N) is 3. The molecule has 0 atom stereocenters. The average molecular weight is 362 g/mol. The normalized spacial score (nSPS) is 13.7. The van der Waals surface area contributed by atoms with Crippen LogP contribution in [0.15, 0.2) is 45.9 Å². The van der Waals surface area contributed by atoms with Gasteiger partial charge in [-0.05, 0) is 37.3 Å². The summed E-state index contributed by atoms with van der Waals surface area (Å²) in [6, 6.07) is 8.85. The van der Waals surface area contributed by atoms with E-state index in [1.165, 1.54) is 6.08 Å². The molecule has 3 N–H and O–H groups in total. The molecule has 134 valence electrons. The molecule has 3 aromatic heterocycles. The molecule has 27 heavy (non-hydrogen) atoms. The number of rotatable bonds is 4. The van der Waals surface area contributed by atoms with E-state index in [1.807, 2.05) is 19.1 Å². The minimum absolute atomic E-state index is 0.000654. The lowest BCUT2D eigenvalue weighted by Crippen LogP contribution is -2.01. The molecular weight excluding hydrogens is 348 g/mol. The molecule has 0 aromatic carbocycles. The number of anilines is 2. The van der Waals surface area contributed by atoms with Gasteiger partial charge in [0.05, 0.1) is 0 Å². The number of furan rings is 1.